The molecule has 2 aliphatic rings. The predicted molar refractivity (Wildman–Crippen MR) is 122 cm³/mol. The first kappa shape index (κ1) is 22.0. The third-order valence-corrected chi connectivity index (χ3v) is 7.86. The summed E-state index contributed by atoms with van der Waals surface area (Å²) in [6.45, 7) is 1.72. The molecule has 0 bridgehead atoms. The molecule has 1 aliphatic carbocycles. The normalized spacial score (nSPS) is 17.8. The number of benzene rings is 2. The van der Waals surface area contributed by atoms with Crippen molar-refractivity contribution < 1.29 is 13.2 Å². The second-order valence-corrected chi connectivity index (χ2v) is 10.3. The molecule has 0 aromatic heterocycles. The Hall–Kier alpha value is -2.22. The second kappa shape index (κ2) is 9.94. The van der Waals surface area contributed by atoms with E-state index in [4.69, 9.17) is 0 Å². The lowest BCUT2D eigenvalue weighted by molar-refractivity contribution is 0.0943. The summed E-state index contributed by atoms with van der Waals surface area (Å²) in [6.07, 6.45) is 6.88. The minimum atomic E-state index is -3.60. The van der Waals surface area contributed by atoms with Gasteiger partial charge in [-0.3, -0.25) is 4.79 Å². The highest BCUT2D eigenvalue weighted by Crippen LogP contribution is 2.23. The summed E-state index contributed by atoms with van der Waals surface area (Å²) in [7, 11) is -3.60. The number of carbonyl (C=O) groups is 1. The van der Waals surface area contributed by atoms with E-state index in [0.29, 0.717) is 37.5 Å². The van der Waals surface area contributed by atoms with Crippen molar-refractivity contribution >= 4 is 16.1 Å². The van der Waals surface area contributed by atoms with Crippen LogP contribution in [-0.2, 0) is 29.7 Å². The van der Waals surface area contributed by atoms with Crippen molar-refractivity contribution in [3.05, 3.63) is 70.8 Å². The predicted octanol–water partition coefficient (Wildman–Crippen LogP) is 3.39. The van der Waals surface area contributed by atoms with Crippen molar-refractivity contribution in [1.82, 2.24) is 14.3 Å². The van der Waals surface area contributed by atoms with E-state index in [1.807, 2.05) is 24.3 Å². The van der Waals surface area contributed by atoms with Crippen LogP contribution < -0.4 is 10.0 Å². The van der Waals surface area contributed by atoms with Crippen molar-refractivity contribution in [3.63, 3.8) is 0 Å². The number of hydrogen-bond donors (Lipinski definition) is 2. The van der Waals surface area contributed by atoms with Gasteiger partial charge in [0.15, 0.2) is 0 Å². The Morgan fingerprint density at radius 1 is 1.00 bits per heavy atom. The maximum absolute atomic E-state index is 12.8. The Morgan fingerprint density at radius 2 is 1.77 bits per heavy atom. The largest absolute Gasteiger partial charge is 0.352 e. The van der Waals surface area contributed by atoms with Gasteiger partial charge < -0.3 is 5.32 Å². The molecule has 166 valence electrons. The molecule has 1 amide bonds. The average Bonchev–Trinajstić information content (AvgIpc) is 2.82. The van der Waals surface area contributed by atoms with Gasteiger partial charge in [0, 0.05) is 31.7 Å². The van der Waals surface area contributed by atoms with Gasteiger partial charge in [-0.05, 0) is 54.0 Å². The van der Waals surface area contributed by atoms with Crippen molar-refractivity contribution in [1.29, 1.82) is 0 Å². The van der Waals surface area contributed by atoms with Crippen LogP contribution in [0.3, 0.4) is 0 Å². The smallest absolute Gasteiger partial charge is 0.280 e. The number of fused-ring (bicyclic) bond motifs is 1. The monoisotopic (exact) mass is 441 g/mol. The van der Waals surface area contributed by atoms with Crippen molar-refractivity contribution in [2.75, 3.05) is 13.1 Å². The first-order valence-electron chi connectivity index (χ1n) is 11.2. The summed E-state index contributed by atoms with van der Waals surface area (Å²) in [6, 6.07) is 15.1. The van der Waals surface area contributed by atoms with E-state index in [1.54, 1.807) is 18.2 Å². The number of nitrogens with zero attached hydrogens (tertiary/aromatic N) is 1. The third-order valence-electron chi connectivity index (χ3n) is 6.36. The van der Waals surface area contributed by atoms with E-state index in [0.717, 1.165) is 11.1 Å². The van der Waals surface area contributed by atoms with Gasteiger partial charge in [-0.1, -0.05) is 55.7 Å². The highest BCUT2D eigenvalue weighted by atomic mass is 32.2. The SMILES string of the molecule is O=C(NCC1CCCCC1)c1cccc(CNS(=O)(=O)N2CCc3ccccc3C2)c1. The van der Waals surface area contributed by atoms with Crippen molar-refractivity contribution in [2.45, 2.75) is 51.6 Å². The highest BCUT2D eigenvalue weighted by Gasteiger charge is 2.26. The minimum Gasteiger partial charge on any atom is -0.352 e. The Balaban J connectivity index is 1.32. The van der Waals surface area contributed by atoms with Gasteiger partial charge in [0.1, 0.15) is 0 Å². The van der Waals surface area contributed by atoms with Gasteiger partial charge in [0.25, 0.3) is 16.1 Å². The summed E-state index contributed by atoms with van der Waals surface area (Å²) in [5.41, 5.74) is 3.60. The Kier molecular flexibility index (Phi) is 7.05. The van der Waals surface area contributed by atoms with Crippen molar-refractivity contribution in [2.24, 2.45) is 5.92 Å². The number of carbonyl (C=O) groups excluding carboxylic acids is 1. The zero-order chi connectivity index (χ0) is 21.7. The molecule has 0 saturated heterocycles. The first-order valence-corrected chi connectivity index (χ1v) is 12.6. The third kappa shape index (κ3) is 5.73. The molecule has 0 radical (unpaired) electrons. The Labute approximate surface area is 185 Å². The van der Waals surface area contributed by atoms with Crippen LogP contribution in [0.2, 0.25) is 0 Å². The number of amides is 1. The molecule has 4 rings (SSSR count). The van der Waals surface area contributed by atoms with E-state index >= 15 is 0 Å². The molecule has 0 atom stereocenters. The molecule has 2 N–H and O–H groups in total. The molecule has 0 spiro atoms. The zero-order valence-electron chi connectivity index (χ0n) is 17.8. The number of hydrogen-bond acceptors (Lipinski definition) is 3. The zero-order valence-corrected chi connectivity index (χ0v) is 18.7. The molecule has 2 aromatic carbocycles. The molecule has 31 heavy (non-hydrogen) atoms. The van der Waals surface area contributed by atoms with Crippen LogP contribution in [0.1, 0.15) is 59.2 Å². The molecule has 1 saturated carbocycles. The summed E-state index contributed by atoms with van der Waals surface area (Å²) in [4.78, 5) is 12.5. The summed E-state index contributed by atoms with van der Waals surface area (Å²) in [5, 5.41) is 3.04. The quantitative estimate of drug-likeness (QED) is 0.691. The minimum absolute atomic E-state index is 0.0945. The average molecular weight is 442 g/mol. The lowest BCUT2D eigenvalue weighted by Gasteiger charge is -2.28. The van der Waals surface area contributed by atoms with E-state index in [9.17, 15) is 13.2 Å². The number of nitrogens with one attached hydrogen (secondary N) is 2. The van der Waals surface area contributed by atoms with E-state index in [2.05, 4.69) is 16.1 Å². The summed E-state index contributed by atoms with van der Waals surface area (Å²) >= 11 is 0. The van der Waals surface area contributed by atoms with Crippen LogP contribution in [0.4, 0.5) is 0 Å². The van der Waals surface area contributed by atoms with E-state index in [-0.39, 0.29) is 12.5 Å². The van der Waals surface area contributed by atoms with Crippen LogP contribution >= 0.6 is 0 Å². The lowest BCUT2D eigenvalue weighted by Crippen LogP contribution is -2.43. The fourth-order valence-electron chi connectivity index (χ4n) is 4.49. The maximum Gasteiger partial charge on any atom is 0.280 e. The Morgan fingerprint density at radius 3 is 2.58 bits per heavy atom. The second-order valence-electron chi connectivity index (χ2n) is 8.59. The molecule has 6 nitrogen and oxygen atoms in total. The molecule has 2 aromatic rings. The molecule has 1 heterocycles. The van der Waals surface area contributed by atoms with Crippen LogP contribution in [0.25, 0.3) is 0 Å². The van der Waals surface area contributed by atoms with Crippen molar-refractivity contribution in [3.8, 4) is 0 Å². The van der Waals surface area contributed by atoms with Crippen LogP contribution in [-0.4, -0.2) is 31.7 Å². The molecule has 1 fully saturated rings. The van der Waals surface area contributed by atoms with Gasteiger partial charge in [-0.25, -0.2) is 0 Å². The molecule has 7 heteroatoms. The highest BCUT2D eigenvalue weighted by molar-refractivity contribution is 7.87. The van der Waals surface area contributed by atoms with Gasteiger partial charge in [0.05, 0.1) is 0 Å². The van der Waals surface area contributed by atoms with E-state index in [1.165, 1.54) is 42.0 Å². The first-order chi connectivity index (χ1) is 15.0. The Bertz CT molecular complexity index is 1020. The van der Waals surface area contributed by atoms with Gasteiger partial charge >= 0.3 is 0 Å². The van der Waals surface area contributed by atoms with Gasteiger partial charge in [-0.15, -0.1) is 0 Å². The molecule has 0 unspecified atom stereocenters. The van der Waals surface area contributed by atoms with Crippen LogP contribution in [0.15, 0.2) is 48.5 Å². The van der Waals surface area contributed by atoms with Crippen LogP contribution in [0, 0.1) is 5.92 Å². The fraction of sp³-hybridized carbons (Fsp3) is 0.458. The van der Waals surface area contributed by atoms with Gasteiger partial charge in [-0.2, -0.15) is 17.4 Å². The fourth-order valence-corrected chi connectivity index (χ4v) is 5.67. The molecular formula is C24H31N3O3S. The van der Waals surface area contributed by atoms with E-state index < -0.39 is 10.2 Å². The standard InChI is InChI=1S/C24H31N3O3S/c28-24(25-16-19-7-2-1-3-8-19)22-12-6-9-20(15-22)17-26-31(29,30)27-14-13-21-10-4-5-11-23(21)18-27/h4-6,9-12,15,19,26H,1-3,7-8,13-14,16-18H2,(H,25,28). The van der Waals surface area contributed by atoms with Crippen LogP contribution in [0.5, 0.6) is 0 Å². The number of rotatable bonds is 7. The lowest BCUT2D eigenvalue weighted by atomic mass is 9.89. The molecule has 1 aliphatic heterocycles. The summed E-state index contributed by atoms with van der Waals surface area (Å²) in [5.74, 6) is 0.477. The topological polar surface area (TPSA) is 78.5 Å². The van der Waals surface area contributed by atoms with Gasteiger partial charge in [0.2, 0.25) is 0 Å². The molecular weight excluding hydrogens is 410 g/mol. The summed E-state index contributed by atoms with van der Waals surface area (Å²) < 4.78 is 29.8. The maximum atomic E-state index is 12.8.